The molecule has 1 atom stereocenters. The quantitative estimate of drug-likeness (QED) is 0.576. The van der Waals surface area contributed by atoms with Gasteiger partial charge in [0.25, 0.3) is 0 Å². The zero-order valence-corrected chi connectivity index (χ0v) is 11.5. The molecular weight excluding hydrogens is 196 g/mol. The van der Waals surface area contributed by atoms with Gasteiger partial charge >= 0.3 is 0 Å². The van der Waals surface area contributed by atoms with Gasteiger partial charge in [-0.3, -0.25) is 0 Å². The minimum Gasteiger partial charge on any atom is -0.317 e. The van der Waals surface area contributed by atoms with Gasteiger partial charge in [-0.25, -0.2) is 0 Å². The van der Waals surface area contributed by atoms with Crippen LogP contribution in [0.15, 0.2) is 0 Å². The summed E-state index contributed by atoms with van der Waals surface area (Å²) in [5, 5.41) is 3.41. The van der Waals surface area contributed by atoms with Crippen LogP contribution in [-0.2, 0) is 0 Å². The fourth-order valence-corrected chi connectivity index (χ4v) is 2.29. The standard InChI is InChI=1S/C14H30N2/c1-4-11-16(12-14-8-9-14)13(3)7-6-10-15-5-2/h13-15H,4-12H2,1-3H3. The van der Waals surface area contributed by atoms with E-state index in [1.165, 1.54) is 51.7 Å². The second-order valence-corrected chi connectivity index (χ2v) is 5.28. The first-order valence-corrected chi connectivity index (χ1v) is 7.22. The number of hydrogen-bond acceptors (Lipinski definition) is 2. The molecule has 0 radical (unpaired) electrons. The van der Waals surface area contributed by atoms with Crippen molar-refractivity contribution in [3.63, 3.8) is 0 Å². The van der Waals surface area contributed by atoms with Gasteiger partial charge in [-0.2, -0.15) is 0 Å². The van der Waals surface area contributed by atoms with Crippen molar-refractivity contribution in [2.24, 2.45) is 5.92 Å². The molecule has 1 N–H and O–H groups in total. The van der Waals surface area contributed by atoms with E-state index < -0.39 is 0 Å². The molecule has 16 heavy (non-hydrogen) atoms. The minimum absolute atomic E-state index is 0.777. The Labute approximate surface area is 102 Å². The molecule has 1 unspecified atom stereocenters. The van der Waals surface area contributed by atoms with Gasteiger partial charge in [-0.15, -0.1) is 0 Å². The average molecular weight is 226 g/mol. The van der Waals surface area contributed by atoms with Crippen molar-refractivity contribution in [3.05, 3.63) is 0 Å². The fraction of sp³-hybridized carbons (Fsp3) is 1.00. The van der Waals surface area contributed by atoms with Crippen LogP contribution in [0, 0.1) is 5.92 Å². The second kappa shape index (κ2) is 8.08. The minimum atomic E-state index is 0.777. The van der Waals surface area contributed by atoms with Crippen LogP contribution >= 0.6 is 0 Å². The zero-order valence-electron chi connectivity index (χ0n) is 11.5. The molecule has 2 heteroatoms. The first-order chi connectivity index (χ1) is 7.77. The van der Waals surface area contributed by atoms with Crippen molar-refractivity contribution in [1.29, 1.82) is 0 Å². The SMILES string of the molecule is CCCN(CC1CC1)C(C)CCCNCC. The molecule has 0 spiro atoms. The molecule has 2 nitrogen and oxygen atoms in total. The van der Waals surface area contributed by atoms with Crippen LogP contribution in [0.4, 0.5) is 0 Å². The third-order valence-corrected chi connectivity index (χ3v) is 3.55. The number of rotatable bonds is 10. The molecule has 0 bridgehead atoms. The normalized spacial score (nSPS) is 18.0. The van der Waals surface area contributed by atoms with Crippen LogP contribution in [0.25, 0.3) is 0 Å². The Bertz CT molecular complexity index is 166. The van der Waals surface area contributed by atoms with Crippen LogP contribution in [0.5, 0.6) is 0 Å². The van der Waals surface area contributed by atoms with E-state index in [2.05, 4.69) is 31.0 Å². The van der Waals surface area contributed by atoms with Crippen LogP contribution < -0.4 is 5.32 Å². The van der Waals surface area contributed by atoms with E-state index in [0.29, 0.717) is 0 Å². The Hall–Kier alpha value is -0.0800. The monoisotopic (exact) mass is 226 g/mol. The number of nitrogens with one attached hydrogen (secondary N) is 1. The highest BCUT2D eigenvalue weighted by Gasteiger charge is 2.25. The van der Waals surface area contributed by atoms with Crippen LogP contribution in [0.2, 0.25) is 0 Å². The summed E-state index contributed by atoms with van der Waals surface area (Å²) >= 11 is 0. The molecule has 0 saturated heterocycles. The van der Waals surface area contributed by atoms with Gasteiger partial charge in [0.2, 0.25) is 0 Å². The lowest BCUT2D eigenvalue weighted by Crippen LogP contribution is -2.36. The third-order valence-electron chi connectivity index (χ3n) is 3.55. The van der Waals surface area contributed by atoms with E-state index in [0.717, 1.165) is 18.5 Å². The van der Waals surface area contributed by atoms with E-state index in [1.807, 2.05) is 0 Å². The first-order valence-electron chi connectivity index (χ1n) is 7.22. The van der Waals surface area contributed by atoms with Gasteiger partial charge in [-0.05, 0) is 64.6 Å². The van der Waals surface area contributed by atoms with E-state index in [-0.39, 0.29) is 0 Å². The Morgan fingerprint density at radius 2 is 2.06 bits per heavy atom. The predicted molar refractivity (Wildman–Crippen MR) is 71.8 cm³/mol. The smallest absolute Gasteiger partial charge is 0.00675 e. The van der Waals surface area contributed by atoms with Gasteiger partial charge < -0.3 is 10.2 Å². The molecule has 1 aliphatic carbocycles. The number of hydrogen-bond donors (Lipinski definition) is 1. The molecule has 1 rings (SSSR count). The Kier molecular flexibility index (Phi) is 7.06. The predicted octanol–water partition coefficient (Wildman–Crippen LogP) is 2.89. The van der Waals surface area contributed by atoms with Crippen molar-refractivity contribution in [1.82, 2.24) is 10.2 Å². The summed E-state index contributed by atoms with van der Waals surface area (Å²) in [6, 6.07) is 0.777. The maximum atomic E-state index is 3.41. The highest BCUT2D eigenvalue weighted by atomic mass is 15.2. The summed E-state index contributed by atoms with van der Waals surface area (Å²) in [5.74, 6) is 1.03. The summed E-state index contributed by atoms with van der Waals surface area (Å²) in [4.78, 5) is 2.71. The van der Waals surface area contributed by atoms with Crippen molar-refractivity contribution < 1.29 is 0 Å². The fourth-order valence-electron chi connectivity index (χ4n) is 2.29. The highest BCUT2D eigenvalue weighted by molar-refractivity contribution is 4.79. The summed E-state index contributed by atoms with van der Waals surface area (Å²) in [7, 11) is 0. The zero-order chi connectivity index (χ0) is 11.8. The molecule has 1 aliphatic rings. The largest absolute Gasteiger partial charge is 0.317 e. The Morgan fingerprint density at radius 1 is 1.31 bits per heavy atom. The maximum absolute atomic E-state index is 3.41. The molecule has 0 aromatic heterocycles. The Balaban J connectivity index is 2.14. The van der Waals surface area contributed by atoms with Crippen molar-refractivity contribution in [3.8, 4) is 0 Å². The van der Waals surface area contributed by atoms with E-state index in [4.69, 9.17) is 0 Å². The Morgan fingerprint density at radius 3 is 2.62 bits per heavy atom. The van der Waals surface area contributed by atoms with Gasteiger partial charge in [0.15, 0.2) is 0 Å². The van der Waals surface area contributed by atoms with E-state index in [1.54, 1.807) is 0 Å². The number of nitrogens with zero attached hydrogens (tertiary/aromatic N) is 1. The lowest BCUT2D eigenvalue weighted by molar-refractivity contribution is 0.189. The van der Waals surface area contributed by atoms with E-state index >= 15 is 0 Å². The topological polar surface area (TPSA) is 15.3 Å². The molecule has 0 heterocycles. The summed E-state index contributed by atoms with van der Waals surface area (Å²) in [6.45, 7) is 11.8. The summed E-state index contributed by atoms with van der Waals surface area (Å²) < 4.78 is 0. The molecule has 0 aliphatic heterocycles. The summed E-state index contributed by atoms with van der Waals surface area (Å²) in [5.41, 5.74) is 0. The van der Waals surface area contributed by atoms with Crippen LogP contribution in [-0.4, -0.2) is 37.1 Å². The summed E-state index contributed by atoms with van der Waals surface area (Å²) in [6.07, 6.45) is 6.92. The highest BCUT2D eigenvalue weighted by Crippen LogP contribution is 2.30. The van der Waals surface area contributed by atoms with Gasteiger partial charge in [0.1, 0.15) is 0 Å². The van der Waals surface area contributed by atoms with Crippen LogP contribution in [0.1, 0.15) is 52.9 Å². The molecule has 0 aromatic rings. The van der Waals surface area contributed by atoms with Gasteiger partial charge in [0, 0.05) is 12.6 Å². The van der Waals surface area contributed by atoms with Gasteiger partial charge in [-0.1, -0.05) is 13.8 Å². The van der Waals surface area contributed by atoms with Crippen LogP contribution in [0.3, 0.4) is 0 Å². The molecule has 1 fully saturated rings. The van der Waals surface area contributed by atoms with Crippen molar-refractivity contribution >= 4 is 0 Å². The third kappa shape index (κ3) is 5.86. The lowest BCUT2D eigenvalue weighted by Gasteiger charge is -2.29. The van der Waals surface area contributed by atoms with E-state index in [9.17, 15) is 0 Å². The lowest BCUT2D eigenvalue weighted by atomic mass is 10.1. The second-order valence-electron chi connectivity index (χ2n) is 5.28. The molecular formula is C14H30N2. The first kappa shape index (κ1) is 14.0. The maximum Gasteiger partial charge on any atom is 0.00675 e. The molecule has 1 saturated carbocycles. The molecule has 0 amide bonds. The molecule has 0 aromatic carbocycles. The van der Waals surface area contributed by atoms with Crippen molar-refractivity contribution in [2.75, 3.05) is 26.2 Å². The molecule has 96 valence electrons. The average Bonchev–Trinajstić information content (AvgIpc) is 3.07. The van der Waals surface area contributed by atoms with Crippen molar-refractivity contribution in [2.45, 2.75) is 58.9 Å². The van der Waals surface area contributed by atoms with Gasteiger partial charge in [0.05, 0.1) is 0 Å².